The largest absolute Gasteiger partial charge is 0.506 e. The van der Waals surface area contributed by atoms with Crippen LogP contribution in [0.1, 0.15) is 21.0 Å². The fourth-order valence-corrected chi connectivity index (χ4v) is 1.27. The van der Waals surface area contributed by atoms with Crippen molar-refractivity contribution in [2.45, 2.75) is 0 Å². The van der Waals surface area contributed by atoms with E-state index >= 15 is 0 Å². The quantitative estimate of drug-likeness (QED) is 0.584. The second kappa shape index (κ2) is 4.53. The Morgan fingerprint density at radius 1 is 1.33 bits per heavy atom. The number of carbonyl (C=O) groups excluding carboxylic acids is 1. The lowest BCUT2D eigenvalue weighted by Crippen LogP contribution is -2.14. The first-order chi connectivity index (χ1) is 8.58. The number of amides is 1. The SMILES string of the molecule is O=C(O)c1ccc(NC(=O)c2ncn[nH]2)c(O)c1. The number of rotatable bonds is 3. The molecule has 0 bridgehead atoms. The van der Waals surface area contributed by atoms with Crippen LogP contribution >= 0.6 is 0 Å². The summed E-state index contributed by atoms with van der Waals surface area (Å²) in [5.41, 5.74) is 0.00608. The first-order valence-corrected chi connectivity index (χ1v) is 4.81. The maximum Gasteiger partial charge on any atom is 0.335 e. The molecule has 1 amide bonds. The third-order valence-electron chi connectivity index (χ3n) is 2.12. The topological polar surface area (TPSA) is 128 Å². The smallest absolute Gasteiger partial charge is 0.335 e. The molecule has 1 aromatic heterocycles. The summed E-state index contributed by atoms with van der Waals surface area (Å²) in [7, 11) is 0. The lowest BCUT2D eigenvalue weighted by atomic mass is 10.2. The molecule has 0 aliphatic rings. The van der Waals surface area contributed by atoms with Gasteiger partial charge in [0.25, 0.3) is 5.91 Å². The van der Waals surface area contributed by atoms with E-state index in [2.05, 4.69) is 20.5 Å². The summed E-state index contributed by atoms with van der Waals surface area (Å²) in [6.45, 7) is 0. The number of H-pyrrole nitrogens is 1. The molecule has 0 saturated heterocycles. The minimum atomic E-state index is -1.17. The summed E-state index contributed by atoms with van der Waals surface area (Å²) in [5.74, 6) is -2.12. The van der Waals surface area contributed by atoms with Gasteiger partial charge in [0.2, 0.25) is 5.82 Å². The molecule has 1 aromatic carbocycles. The highest BCUT2D eigenvalue weighted by atomic mass is 16.4. The van der Waals surface area contributed by atoms with E-state index in [1.54, 1.807) is 0 Å². The zero-order valence-corrected chi connectivity index (χ0v) is 8.91. The van der Waals surface area contributed by atoms with Crippen LogP contribution in [-0.4, -0.2) is 37.3 Å². The Morgan fingerprint density at radius 3 is 2.67 bits per heavy atom. The number of aromatic nitrogens is 3. The number of anilines is 1. The average molecular weight is 248 g/mol. The monoisotopic (exact) mass is 248 g/mol. The molecule has 0 unspecified atom stereocenters. The number of aromatic hydroxyl groups is 1. The van der Waals surface area contributed by atoms with Crippen LogP contribution in [0.3, 0.4) is 0 Å². The standard InChI is InChI=1S/C10H8N4O4/c15-7-3-5(10(17)18)1-2-6(7)13-9(16)8-11-4-12-14-8/h1-4,15H,(H,13,16)(H,17,18)(H,11,12,14). The molecule has 0 saturated carbocycles. The van der Waals surface area contributed by atoms with Crippen LogP contribution in [0.5, 0.6) is 5.75 Å². The molecule has 1 heterocycles. The van der Waals surface area contributed by atoms with Gasteiger partial charge in [-0.3, -0.25) is 9.89 Å². The van der Waals surface area contributed by atoms with Gasteiger partial charge in [-0.1, -0.05) is 0 Å². The van der Waals surface area contributed by atoms with Gasteiger partial charge in [-0.25, -0.2) is 9.78 Å². The Kier molecular flexibility index (Phi) is 2.92. The third kappa shape index (κ3) is 2.26. The van der Waals surface area contributed by atoms with E-state index in [9.17, 15) is 14.7 Å². The molecular weight excluding hydrogens is 240 g/mol. The zero-order valence-electron chi connectivity index (χ0n) is 8.91. The van der Waals surface area contributed by atoms with Crippen molar-refractivity contribution in [3.05, 3.63) is 35.9 Å². The lowest BCUT2D eigenvalue weighted by Gasteiger charge is -2.06. The molecule has 8 heteroatoms. The maximum atomic E-state index is 11.6. The summed E-state index contributed by atoms with van der Waals surface area (Å²) in [4.78, 5) is 25.9. The number of carboxylic acids is 1. The van der Waals surface area contributed by atoms with Crippen LogP contribution in [0, 0.1) is 0 Å². The van der Waals surface area contributed by atoms with Gasteiger partial charge < -0.3 is 15.5 Å². The number of aromatic amines is 1. The highest BCUT2D eigenvalue weighted by Crippen LogP contribution is 2.24. The molecular formula is C10H8N4O4. The van der Waals surface area contributed by atoms with Crippen LogP contribution < -0.4 is 5.32 Å². The summed E-state index contributed by atoms with van der Waals surface area (Å²) in [5, 5.41) is 26.5. The van der Waals surface area contributed by atoms with Crippen LogP contribution in [-0.2, 0) is 0 Å². The van der Waals surface area contributed by atoms with Crippen molar-refractivity contribution in [2.75, 3.05) is 5.32 Å². The van der Waals surface area contributed by atoms with Crippen molar-refractivity contribution < 1.29 is 19.8 Å². The van der Waals surface area contributed by atoms with E-state index in [0.717, 1.165) is 6.07 Å². The second-order valence-corrected chi connectivity index (χ2v) is 3.33. The van der Waals surface area contributed by atoms with E-state index in [0.29, 0.717) is 0 Å². The summed E-state index contributed by atoms with van der Waals surface area (Å²) in [6.07, 6.45) is 1.17. The first-order valence-electron chi connectivity index (χ1n) is 4.81. The number of phenolic OH excluding ortho intramolecular Hbond substituents is 1. The minimum absolute atomic E-state index is 0.0169. The molecule has 4 N–H and O–H groups in total. The zero-order chi connectivity index (χ0) is 13.1. The van der Waals surface area contributed by atoms with Crippen molar-refractivity contribution >= 4 is 17.6 Å². The predicted octanol–water partition coefficient (Wildman–Crippen LogP) is 0.461. The number of phenols is 1. The summed E-state index contributed by atoms with van der Waals surface area (Å²) >= 11 is 0. The molecule has 8 nitrogen and oxygen atoms in total. The van der Waals surface area contributed by atoms with Crippen molar-refractivity contribution in [3.63, 3.8) is 0 Å². The van der Waals surface area contributed by atoms with E-state index in [4.69, 9.17) is 5.11 Å². The molecule has 92 valence electrons. The van der Waals surface area contributed by atoms with Crippen molar-refractivity contribution in [3.8, 4) is 5.75 Å². The minimum Gasteiger partial charge on any atom is -0.506 e. The van der Waals surface area contributed by atoms with Gasteiger partial charge in [-0.15, -0.1) is 0 Å². The van der Waals surface area contributed by atoms with Crippen LogP contribution in [0.4, 0.5) is 5.69 Å². The van der Waals surface area contributed by atoms with Gasteiger partial charge in [-0.05, 0) is 18.2 Å². The maximum absolute atomic E-state index is 11.6. The fourth-order valence-electron chi connectivity index (χ4n) is 1.27. The number of carbonyl (C=O) groups is 2. The van der Waals surface area contributed by atoms with E-state index in [1.807, 2.05) is 0 Å². The van der Waals surface area contributed by atoms with E-state index in [-0.39, 0.29) is 22.8 Å². The highest BCUT2D eigenvalue weighted by molar-refractivity contribution is 6.02. The van der Waals surface area contributed by atoms with E-state index < -0.39 is 11.9 Å². The Hall–Kier alpha value is -2.90. The fraction of sp³-hybridized carbons (Fsp3) is 0. The van der Waals surface area contributed by atoms with Crippen molar-refractivity contribution in [1.82, 2.24) is 15.2 Å². The number of aromatic carboxylic acids is 1. The molecule has 18 heavy (non-hydrogen) atoms. The number of carboxylic acid groups (broad SMARTS) is 1. The van der Waals surface area contributed by atoms with Gasteiger partial charge in [0.1, 0.15) is 12.1 Å². The predicted molar refractivity (Wildman–Crippen MR) is 59.4 cm³/mol. The molecule has 2 rings (SSSR count). The Balaban J connectivity index is 2.20. The molecule has 0 aliphatic heterocycles. The van der Waals surface area contributed by atoms with Gasteiger partial charge in [-0.2, -0.15) is 5.10 Å². The first kappa shape index (κ1) is 11.6. The molecule has 0 atom stereocenters. The molecule has 0 aliphatic carbocycles. The van der Waals surface area contributed by atoms with Crippen LogP contribution in [0.2, 0.25) is 0 Å². The summed E-state index contributed by atoms with van der Waals surface area (Å²) in [6, 6.07) is 3.59. The van der Waals surface area contributed by atoms with Crippen molar-refractivity contribution in [1.29, 1.82) is 0 Å². The number of hydrogen-bond donors (Lipinski definition) is 4. The number of hydrogen-bond acceptors (Lipinski definition) is 5. The number of benzene rings is 1. The van der Waals surface area contributed by atoms with Crippen molar-refractivity contribution in [2.24, 2.45) is 0 Å². The Morgan fingerprint density at radius 2 is 2.11 bits per heavy atom. The Bertz CT molecular complexity index is 594. The van der Waals surface area contributed by atoms with Gasteiger partial charge in [0, 0.05) is 0 Å². The summed E-state index contributed by atoms with van der Waals surface area (Å²) < 4.78 is 0. The average Bonchev–Trinajstić information content (AvgIpc) is 2.85. The Labute approximate surface area is 100 Å². The molecule has 0 radical (unpaired) electrons. The third-order valence-corrected chi connectivity index (χ3v) is 2.12. The van der Waals surface area contributed by atoms with Gasteiger partial charge in [0.15, 0.2) is 0 Å². The highest BCUT2D eigenvalue weighted by Gasteiger charge is 2.13. The van der Waals surface area contributed by atoms with Gasteiger partial charge >= 0.3 is 5.97 Å². The molecule has 0 fully saturated rings. The van der Waals surface area contributed by atoms with Gasteiger partial charge in [0.05, 0.1) is 11.3 Å². The number of nitrogens with zero attached hydrogens (tertiary/aromatic N) is 2. The molecule has 0 spiro atoms. The van der Waals surface area contributed by atoms with Crippen LogP contribution in [0.15, 0.2) is 24.5 Å². The van der Waals surface area contributed by atoms with Crippen LogP contribution in [0.25, 0.3) is 0 Å². The van der Waals surface area contributed by atoms with E-state index in [1.165, 1.54) is 18.5 Å². The lowest BCUT2D eigenvalue weighted by molar-refractivity contribution is 0.0696. The molecule has 2 aromatic rings. The number of nitrogens with one attached hydrogen (secondary N) is 2. The normalized spacial score (nSPS) is 10.0. The second-order valence-electron chi connectivity index (χ2n) is 3.33.